The standard InChI is InChI=1S/C11H19N5O2/c1-7-8(6-16(4)14-7)5-13-10(17)11(2,3)9(12)15-18/h6,18H,5H2,1-4H3,(H2,12,15)(H,13,17). The van der Waals surface area contributed by atoms with Crippen molar-refractivity contribution in [3.63, 3.8) is 0 Å². The minimum Gasteiger partial charge on any atom is -0.409 e. The quantitative estimate of drug-likeness (QED) is 0.306. The van der Waals surface area contributed by atoms with Crippen LogP contribution in [-0.4, -0.2) is 26.7 Å². The minimum absolute atomic E-state index is 0.122. The Morgan fingerprint density at radius 1 is 1.67 bits per heavy atom. The molecular weight excluding hydrogens is 234 g/mol. The van der Waals surface area contributed by atoms with Gasteiger partial charge in [0.1, 0.15) is 5.41 Å². The number of rotatable bonds is 4. The highest BCUT2D eigenvalue weighted by Crippen LogP contribution is 2.15. The molecule has 0 unspecified atom stereocenters. The fourth-order valence-corrected chi connectivity index (χ4v) is 1.46. The zero-order valence-electron chi connectivity index (χ0n) is 11.1. The number of oxime groups is 1. The Bertz CT molecular complexity index is 476. The number of carbonyl (C=O) groups excluding carboxylic acids is 1. The Labute approximate surface area is 106 Å². The van der Waals surface area contributed by atoms with Gasteiger partial charge >= 0.3 is 0 Å². The first kappa shape index (κ1) is 14.0. The lowest BCUT2D eigenvalue weighted by Crippen LogP contribution is -2.45. The molecule has 0 bridgehead atoms. The number of amidine groups is 1. The van der Waals surface area contributed by atoms with Gasteiger partial charge in [-0.25, -0.2) is 0 Å². The number of hydrogen-bond acceptors (Lipinski definition) is 4. The molecule has 0 aliphatic carbocycles. The second-order valence-corrected chi connectivity index (χ2v) is 4.71. The molecule has 0 aliphatic rings. The van der Waals surface area contributed by atoms with Crippen LogP contribution in [0.2, 0.25) is 0 Å². The van der Waals surface area contributed by atoms with Crippen molar-refractivity contribution < 1.29 is 10.0 Å². The van der Waals surface area contributed by atoms with Crippen LogP contribution in [0.3, 0.4) is 0 Å². The molecule has 1 aromatic heterocycles. The summed E-state index contributed by atoms with van der Waals surface area (Å²) in [5, 5.41) is 18.4. The second-order valence-electron chi connectivity index (χ2n) is 4.71. The normalized spacial score (nSPS) is 12.6. The Hall–Kier alpha value is -2.05. The van der Waals surface area contributed by atoms with Crippen LogP contribution in [0.25, 0.3) is 0 Å². The maximum Gasteiger partial charge on any atom is 0.233 e. The van der Waals surface area contributed by atoms with Crippen molar-refractivity contribution in [2.75, 3.05) is 0 Å². The molecule has 0 spiro atoms. The number of nitrogens with zero attached hydrogens (tertiary/aromatic N) is 3. The zero-order chi connectivity index (χ0) is 13.9. The summed E-state index contributed by atoms with van der Waals surface area (Å²) in [7, 11) is 1.82. The first-order valence-corrected chi connectivity index (χ1v) is 5.54. The average molecular weight is 253 g/mol. The van der Waals surface area contributed by atoms with E-state index in [1.807, 2.05) is 20.2 Å². The average Bonchev–Trinajstić information content (AvgIpc) is 2.63. The Kier molecular flexibility index (Phi) is 3.95. The summed E-state index contributed by atoms with van der Waals surface area (Å²) in [6.45, 7) is 5.41. The molecule has 18 heavy (non-hydrogen) atoms. The number of carbonyl (C=O) groups is 1. The van der Waals surface area contributed by atoms with E-state index in [0.29, 0.717) is 6.54 Å². The number of aryl methyl sites for hydroxylation is 2. The van der Waals surface area contributed by atoms with Gasteiger partial charge in [0, 0.05) is 25.4 Å². The highest BCUT2D eigenvalue weighted by atomic mass is 16.4. The summed E-state index contributed by atoms with van der Waals surface area (Å²) in [6, 6.07) is 0. The maximum atomic E-state index is 11.9. The number of nitrogens with one attached hydrogen (secondary N) is 1. The molecule has 0 saturated heterocycles. The van der Waals surface area contributed by atoms with Gasteiger partial charge in [0.2, 0.25) is 5.91 Å². The van der Waals surface area contributed by atoms with Crippen molar-refractivity contribution in [2.45, 2.75) is 27.3 Å². The number of hydrogen-bond donors (Lipinski definition) is 3. The first-order valence-electron chi connectivity index (χ1n) is 5.54. The van der Waals surface area contributed by atoms with Crippen molar-refractivity contribution in [2.24, 2.45) is 23.4 Å². The topological polar surface area (TPSA) is 106 Å². The minimum atomic E-state index is -1.05. The van der Waals surface area contributed by atoms with E-state index in [1.54, 1.807) is 18.5 Å². The van der Waals surface area contributed by atoms with Crippen LogP contribution in [0.5, 0.6) is 0 Å². The maximum absolute atomic E-state index is 11.9. The van der Waals surface area contributed by atoms with E-state index >= 15 is 0 Å². The van der Waals surface area contributed by atoms with E-state index in [0.717, 1.165) is 11.3 Å². The van der Waals surface area contributed by atoms with Crippen LogP contribution in [0.1, 0.15) is 25.1 Å². The van der Waals surface area contributed by atoms with E-state index in [9.17, 15) is 4.79 Å². The van der Waals surface area contributed by atoms with Crippen molar-refractivity contribution in [1.29, 1.82) is 0 Å². The molecule has 1 heterocycles. The smallest absolute Gasteiger partial charge is 0.233 e. The third-order valence-corrected chi connectivity index (χ3v) is 2.87. The van der Waals surface area contributed by atoms with E-state index < -0.39 is 5.41 Å². The van der Waals surface area contributed by atoms with Crippen LogP contribution >= 0.6 is 0 Å². The van der Waals surface area contributed by atoms with E-state index in [4.69, 9.17) is 10.9 Å². The number of amides is 1. The Balaban J connectivity index is 2.70. The molecular formula is C11H19N5O2. The molecule has 1 rings (SSSR count). The van der Waals surface area contributed by atoms with Crippen LogP contribution in [0.15, 0.2) is 11.4 Å². The van der Waals surface area contributed by atoms with Crippen LogP contribution in [-0.2, 0) is 18.4 Å². The van der Waals surface area contributed by atoms with Gasteiger partial charge in [-0.15, -0.1) is 0 Å². The largest absolute Gasteiger partial charge is 0.409 e. The van der Waals surface area contributed by atoms with Crippen LogP contribution in [0.4, 0.5) is 0 Å². The van der Waals surface area contributed by atoms with E-state index in [1.165, 1.54) is 0 Å². The van der Waals surface area contributed by atoms with Crippen molar-refractivity contribution in [3.8, 4) is 0 Å². The number of nitrogens with two attached hydrogens (primary N) is 1. The summed E-state index contributed by atoms with van der Waals surface area (Å²) < 4.78 is 1.69. The van der Waals surface area contributed by atoms with Crippen LogP contribution < -0.4 is 11.1 Å². The van der Waals surface area contributed by atoms with Gasteiger partial charge in [-0.2, -0.15) is 5.10 Å². The molecule has 1 aromatic rings. The van der Waals surface area contributed by atoms with E-state index in [-0.39, 0.29) is 11.7 Å². The molecule has 100 valence electrons. The van der Waals surface area contributed by atoms with Gasteiger partial charge in [0.25, 0.3) is 0 Å². The lowest BCUT2D eigenvalue weighted by molar-refractivity contribution is -0.126. The molecule has 0 fully saturated rings. The molecule has 0 atom stereocenters. The molecule has 0 aromatic carbocycles. The van der Waals surface area contributed by atoms with Gasteiger partial charge in [0.15, 0.2) is 5.84 Å². The van der Waals surface area contributed by atoms with Gasteiger partial charge in [-0.05, 0) is 20.8 Å². The third kappa shape index (κ3) is 2.79. The highest BCUT2D eigenvalue weighted by Gasteiger charge is 2.32. The van der Waals surface area contributed by atoms with Crippen molar-refractivity contribution in [3.05, 3.63) is 17.5 Å². The molecule has 0 radical (unpaired) electrons. The van der Waals surface area contributed by atoms with Crippen molar-refractivity contribution >= 4 is 11.7 Å². The Morgan fingerprint density at radius 3 is 2.72 bits per heavy atom. The fraction of sp³-hybridized carbons (Fsp3) is 0.545. The summed E-state index contributed by atoms with van der Waals surface area (Å²) >= 11 is 0. The molecule has 7 nitrogen and oxygen atoms in total. The van der Waals surface area contributed by atoms with Crippen molar-refractivity contribution in [1.82, 2.24) is 15.1 Å². The SMILES string of the molecule is Cc1nn(C)cc1CNC(=O)C(C)(C)/C(N)=N/O. The zero-order valence-corrected chi connectivity index (χ0v) is 11.1. The predicted octanol–water partition coefficient (Wildman–Crippen LogP) is 0.117. The molecule has 7 heteroatoms. The lowest BCUT2D eigenvalue weighted by Gasteiger charge is -2.21. The fourth-order valence-electron chi connectivity index (χ4n) is 1.46. The summed E-state index contributed by atoms with van der Waals surface area (Å²) in [5.74, 6) is -0.427. The van der Waals surface area contributed by atoms with Gasteiger partial charge in [-0.1, -0.05) is 5.16 Å². The highest BCUT2D eigenvalue weighted by molar-refractivity contribution is 6.05. The molecule has 4 N–H and O–H groups in total. The molecule has 0 aliphatic heterocycles. The summed E-state index contributed by atoms with van der Waals surface area (Å²) in [4.78, 5) is 11.9. The predicted molar refractivity (Wildman–Crippen MR) is 67.0 cm³/mol. The van der Waals surface area contributed by atoms with Gasteiger partial charge < -0.3 is 16.3 Å². The second kappa shape index (κ2) is 5.07. The molecule has 0 saturated carbocycles. The van der Waals surface area contributed by atoms with Gasteiger partial charge in [0.05, 0.1) is 5.69 Å². The van der Waals surface area contributed by atoms with Gasteiger partial charge in [-0.3, -0.25) is 9.48 Å². The van der Waals surface area contributed by atoms with Crippen LogP contribution in [0, 0.1) is 12.3 Å². The monoisotopic (exact) mass is 253 g/mol. The number of aromatic nitrogens is 2. The summed E-state index contributed by atoms with van der Waals surface area (Å²) in [5.41, 5.74) is 6.22. The third-order valence-electron chi connectivity index (χ3n) is 2.87. The lowest BCUT2D eigenvalue weighted by atomic mass is 9.91. The first-order chi connectivity index (χ1) is 8.28. The summed E-state index contributed by atoms with van der Waals surface area (Å²) in [6.07, 6.45) is 1.84. The Morgan fingerprint density at radius 2 is 2.28 bits per heavy atom. The van der Waals surface area contributed by atoms with E-state index in [2.05, 4.69) is 15.6 Å². The molecule has 1 amide bonds.